The minimum atomic E-state index is -4.13. The first-order valence-electron chi connectivity index (χ1n) is 16.1. The molecule has 1 fully saturated rings. The molecule has 0 aromatic heterocycles. The molecule has 0 aliphatic carbocycles. The van der Waals surface area contributed by atoms with E-state index in [1.165, 1.54) is 6.92 Å². The number of carbonyl (C=O) groups is 2. The molecule has 0 radical (unpaired) electrons. The number of amides is 2. The summed E-state index contributed by atoms with van der Waals surface area (Å²) in [6.07, 6.45) is 3.40. The molecule has 1 heterocycles. The second kappa shape index (κ2) is 26.4. The highest BCUT2D eigenvalue weighted by atomic mass is 19.4. The van der Waals surface area contributed by atoms with Crippen LogP contribution in [0.1, 0.15) is 88.1 Å². The summed E-state index contributed by atoms with van der Waals surface area (Å²) < 4.78 is 51.2. The zero-order valence-corrected chi connectivity index (χ0v) is 30.9. The van der Waals surface area contributed by atoms with Crippen LogP contribution in [0.15, 0.2) is 73.1 Å². The maximum atomic E-state index is 12.5. The summed E-state index contributed by atoms with van der Waals surface area (Å²) in [6, 6.07) is 7.91. The Kier molecular flexibility index (Phi) is 26.8. The van der Waals surface area contributed by atoms with Gasteiger partial charge >= 0.3 is 18.2 Å². The van der Waals surface area contributed by atoms with Crippen LogP contribution in [0.4, 0.5) is 18.0 Å². The average molecular weight is 671 g/mol. The number of carbonyl (C=O) groups excluding carboxylic acids is 2. The number of hydrogen-bond acceptors (Lipinski definition) is 5. The van der Waals surface area contributed by atoms with Crippen molar-refractivity contribution in [1.82, 2.24) is 9.80 Å². The van der Waals surface area contributed by atoms with Crippen molar-refractivity contribution in [3.63, 3.8) is 0 Å². The van der Waals surface area contributed by atoms with Gasteiger partial charge < -0.3 is 24.0 Å². The van der Waals surface area contributed by atoms with Crippen molar-refractivity contribution in [3.8, 4) is 5.75 Å². The number of likely N-dealkylation sites (N-methyl/N-ethyl adjacent to an activating group) is 2. The van der Waals surface area contributed by atoms with E-state index in [4.69, 9.17) is 14.2 Å². The Bertz CT molecular complexity index is 1080. The fourth-order valence-electron chi connectivity index (χ4n) is 3.80. The highest BCUT2D eigenvalue weighted by Crippen LogP contribution is 2.25. The Labute approximate surface area is 283 Å². The Hall–Kier alpha value is -3.69. The van der Waals surface area contributed by atoms with Gasteiger partial charge in [-0.2, -0.15) is 13.2 Å². The van der Waals surface area contributed by atoms with E-state index in [-0.39, 0.29) is 18.0 Å². The fourth-order valence-corrected chi connectivity index (χ4v) is 3.80. The van der Waals surface area contributed by atoms with Gasteiger partial charge in [-0.05, 0) is 86.1 Å². The molecular weight excluding hydrogens is 609 g/mol. The van der Waals surface area contributed by atoms with Gasteiger partial charge in [-0.1, -0.05) is 44.2 Å². The maximum absolute atomic E-state index is 12.5. The summed E-state index contributed by atoms with van der Waals surface area (Å²) in [5, 5.41) is 0. The Morgan fingerprint density at radius 2 is 1.51 bits per heavy atom. The number of hydrogen-bond donors (Lipinski definition) is 0. The predicted molar refractivity (Wildman–Crippen MR) is 189 cm³/mol. The Morgan fingerprint density at radius 1 is 1.00 bits per heavy atom. The normalized spacial score (nSPS) is 15.5. The van der Waals surface area contributed by atoms with E-state index >= 15 is 0 Å². The van der Waals surface area contributed by atoms with Gasteiger partial charge in [-0.25, -0.2) is 9.59 Å². The van der Waals surface area contributed by atoms with E-state index in [2.05, 4.69) is 13.2 Å². The molecule has 1 aromatic carbocycles. The summed E-state index contributed by atoms with van der Waals surface area (Å²) in [5.74, 6) is 1.05. The molecule has 1 aliphatic heterocycles. The van der Waals surface area contributed by atoms with Gasteiger partial charge in [0, 0.05) is 38.6 Å². The Morgan fingerprint density at radius 3 is 1.87 bits per heavy atom. The summed E-state index contributed by atoms with van der Waals surface area (Å²) in [5.41, 5.74) is -0.691. The first kappa shape index (κ1) is 47.7. The van der Waals surface area contributed by atoms with Crippen LogP contribution in [0.5, 0.6) is 5.75 Å². The molecule has 7 nitrogen and oxygen atoms in total. The highest BCUT2D eigenvalue weighted by molar-refractivity contribution is 5.79. The number of halogens is 3. The van der Waals surface area contributed by atoms with E-state index in [1.54, 1.807) is 30.9 Å². The van der Waals surface area contributed by atoms with E-state index in [0.29, 0.717) is 25.4 Å². The third kappa shape index (κ3) is 19.5. The maximum Gasteiger partial charge on any atom is 0.412 e. The lowest BCUT2D eigenvalue weighted by Gasteiger charge is -2.29. The number of allylic oxidation sites excluding steroid dienone is 6. The minimum absolute atomic E-state index is 0.0804. The molecular formula is C37H61F3N2O5. The number of benzene rings is 1. The number of rotatable bonds is 11. The lowest BCUT2D eigenvalue weighted by atomic mass is 9.96. The second-order valence-corrected chi connectivity index (χ2v) is 10.3. The molecule has 1 aliphatic rings. The molecule has 1 aromatic rings. The van der Waals surface area contributed by atoms with Gasteiger partial charge in [0.25, 0.3) is 0 Å². The third-order valence-electron chi connectivity index (χ3n) is 6.50. The lowest BCUT2D eigenvalue weighted by Crippen LogP contribution is -2.41. The van der Waals surface area contributed by atoms with Crippen LogP contribution in [-0.4, -0.2) is 73.0 Å². The van der Waals surface area contributed by atoms with Crippen LogP contribution in [0, 0.1) is 0 Å². The molecule has 2 atom stereocenters. The topological polar surface area (TPSA) is 68.3 Å². The van der Waals surface area contributed by atoms with E-state index in [0.717, 1.165) is 43.8 Å². The smallest absolute Gasteiger partial charge is 0.412 e. The standard InChI is InChI=1S/C24H36N2O5.C5H7F3.2C3H6.C2H6/c1-7-18(4)31-24(5,22(27)29-9-3)16-19-10-12-21(13-11-19)30-15-14-20-17-26(8-2)23(28)25(20)6;1-3-4(2)5(6,7)8;2*1-3-2;1-2/h7,10-13,20H,8-9,14-17H2,1-6H3;3H,1-2H3;2*3H,1H2,2H3;1-2H3/b18-7+;4-3+;;;/t20-,24-;;;;/m0..../s1. The zero-order valence-electron chi connectivity index (χ0n) is 30.9. The number of alkyl halides is 3. The largest absolute Gasteiger partial charge is 0.494 e. The Balaban J connectivity index is -0.00000101. The van der Waals surface area contributed by atoms with Crippen LogP contribution >= 0.6 is 0 Å². The molecule has 2 amide bonds. The quantitative estimate of drug-likeness (QED) is 0.133. The SMILES string of the molecule is C/C=C(\C)C(F)(F)F.C/C=C(\C)O[C@@](C)(Cc1ccc(OCC[C@H]2CN(CC)C(=O)N2C)cc1)C(=O)OCC.C=CC.C=CC.CC. The van der Waals surface area contributed by atoms with E-state index < -0.39 is 17.4 Å². The van der Waals surface area contributed by atoms with Gasteiger partial charge in [0.2, 0.25) is 5.60 Å². The van der Waals surface area contributed by atoms with Crippen LogP contribution in [0.25, 0.3) is 0 Å². The first-order chi connectivity index (χ1) is 22.0. The monoisotopic (exact) mass is 670 g/mol. The van der Waals surface area contributed by atoms with Crippen LogP contribution < -0.4 is 4.74 Å². The van der Waals surface area contributed by atoms with Crippen LogP contribution in [0.3, 0.4) is 0 Å². The molecule has 0 N–H and O–H groups in total. The van der Waals surface area contributed by atoms with Crippen molar-refractivity contribution in [1.29, 1.82) is 0 Å². The van der Waals surface area contributed by atoms with Crippen molar-refractivity contribution in [2.45, 2.75) is 107 Å². The van der Waals surface area contributed by atoms with Crippen LogP contribution in [-0.2, 0) is 20.7 Å². The molecule has 47 heavy (non-hydrogen) atoms. The van der Waals surface area contributed by atoms with Gasteiger partial charge in [0.05, 0.1) is 25.0 Å². The number of nitrogens with zero attached hydrogens (tertiary/aromatic N) is 2. The minimum Gasteiger partial charge on any atom is -0.494 e. The number of esters is 1. The van der Waals surface area contributed by atoms with E-state index in [1.807, 2.05) is 90.8 Å². The third-order valence-corrected chi connectivity index (χ3v) is 6.50. The summed E-state index contributed by atoms with van der Waals surface area (Å²) in [7, 11) is 1.84. The van der Waals surface area contributed by atoms with Crippen molar-refractivity contribution in [3.05, 3.63) is 78.6 Å². The lowest BCUT2D eigenvalue weighted by molar-refractivity contribution is -0.165. The van der Waals surface area contributed by atoms with Gasteiger partial charge in [-0.15, -0.1) is 13.2 Å². The molecule has 10 heteroatoms. The van der Waals surface area contributed by atoms with Crippen LogP contribution in [0.2, 0.25) is 0 Å². The average Bonchev–Trinajstić information content (AvgIpc) is 3.31. The molecule has 0 saturated carbocycles. The van der Waals surface area contributed by atoms with Gasteiger partial charge in [-0.3, -0.25) is 0 Å². The molecule has 1 saturated heterocycles. The van der Waals surface area contributed by atoms with Gasteiger partial charge in [0.15, 0.2) is 0 Å². The van der Waals surface area contributed by atoms with Crippen molar-refractivity contribution >= 4 is 12.0 Å². The zero-order chi connectivity index (χ0) is 37.2. The predicted octanol–water partition coefficient (Wildman–Crippen LogP) is 9.94. The summed E-state index contributed by atoms with van der Waals surface area (Å²) in [4.78, 5) is 28.2. The van der Waals surface area contributed by atoms with Crippen molar-refractivity contribution in [2.24, 2.45) is 0 Å². The summed E-state index contributed by atoms with van der Waals surface area (Å²) in [6.45, 7) is 28.4. The molecule has 2 rings (SSSR count). The second-order valence-electron chi connectivity index (χ2n) is 10.3. The van der Waals surface area contributed by atoms with Gasteiger partial charge in [0.1, 0.15) is 5.75 Å². The van der Waals surface area contributed by atoms with Crippen molar-refractivity contribution < 1.29 is 37.0 Å². The summed E-state index contributed by atoms with van der Waals surface area (Å²) >= 11 is 0. The highest BCUT2D eigenvalue weighted by Gasteiger charge is 2.38. The van der Waals surface area contributed by atoms with Crippen molar-refractivity contribution in [2.75, 3.05) is 33.4 Å². The molecule has 0 bridgehead atoms. The molecule has 270 valence electrons. The molecule has 0 spiro atoms. The fraction of sp³-hybridized carbons (Fsp3) is 0.568. The number of ether oxygens (including phenoxy) is 3. The number of urea groups is 1. The molecule has 0 unspecified atom stereocenters. The van der Waals surface area contributed by atoms with E-state index in [9.17, 15) is 22.8 Å². The first-order valence-corrected chi connectivity index (χ1v) is 16.1.